The maximum atomic E-state index is 12.2. The van der Waals surface area contributed by atoms with Crippen molar-refractivity contribution in [3.05, 3.63) is 64.0 Å². The van der Waals surface area contributed by atoms with Crippen LogP contribution in [0.3, 0.4) is 0 Å². The van der Waals surface area contributed by atoms with Gasteiger partial charge < -0.3 is 4.98 Å². The summed E-state index contributed by atoms with van der Waals surface area (Å²) in [6, 6.07) is 10.5. The number of aromatic nitrogens is 2. The fourth-order valence-electron chi connectivity index (χ4n) is 2.38. The fraction of sp³-hybridized carbons (Fsp3) is 0.118. The smallest absolute Gasteiger partial charge is 0.269 e. The van der Waals surface area contributed by atoms with Crippen molar-refractivity contribution in [3.8, 4) is 0 Å². The molecule has 2 aromatic carbocycles. The average Bonchev–Trinajstić information content (AvgIpc) is 3.05. The van der Waals surface area contributed by atoms with Gasteiger partial charge in [-0.05, 0) is 42.0 Å². The van der Waals surface area contributed by atoms with E-state index in [1.807, 2.05) is 0 Å². The number of nitrogens with zero attached hydrogens (tertiary/aromatic N) is 3. The molecule has 0 aliphatic heterocycles. The number of fused-ring (bicyclic) bond motifs is 1. The second-order valence-electron chi connectivity index (χ2n) is 5.89. The second-order valence-corrected chi connectivity index (χ2v) is 8.45. The first-order valence-corrected chi connectivity index (χ1v) is 9.54. The van der Waals surface area contributed by atoms with Crippen LogP contribution >= 0.6 is 11.6 Å². The van der Waals surface area contributed by atoms with Crippen molar-refractivity contribution >= 4 is 49.5 Å². The molecular weight excluding hydrogens is 392 g/mol. The Morgan fingerprint density at radius 1 is 1.22 bits per heavy atom. The van der Waals surface area contributed by atoms with Crippen LogP contribution in [0.4, 0.5) is 5.69 Å². The molecular formula is C17H15ClN4O4S. The van der Waals surface area contributed by atoms with Gasteiger partial charge in [0.25, 0.3) is 5.69 Å². The van der Waals surface area contributed by atoms with Crippen molar-refractivity contribution in [1.29, 1.82) is 0 Å². The number of imidazole rings is 1. The van der Waals surface area contributed by atoms with E-state index in [0.29, 0.717) is 22.4 Å². The molecule has 27 heavy (non-hydrogen) atoms. The number of non-ortho nitro benzene ring substituents is 1. The van der Waals surface area contributed by atoms with Gasteiger partial charge in [-0.15, -0.1) is 0 Å². The van der Waals surface area contributed by atoms with Crippen molar-refractivity contribution in [2.75, 3.05) is 14.1 Å². The minimum atomic E-state index is -3.56. The van der Waals surface area contributed by atoms with Crippen LogP contribution in [0, 0.1) is 10.1 Å². The topological polar surface area (TPSA) is 109 Å². The minimum absolute atomic E-state index is 0.0124. The number of halogens is 1. The third kappa shape index (κ3) is 3.85. The molecule has 1 heterocycles. The lowest BCUT2D eigenvalue weighted by atomic mass is 10.2. The van der Waals surface area contributed by atoms with Crippen LogP contribution in [0.1, 0.15) is 11.4 Å². The molecule has 0 unspecified atom stereocenters. The summed E-state index contributed by atoms with van der Waals surface area (Å²) in [5, 5.41) is 11.0. The third-order valence-corrected chi connectivity index (χ3v) is 5.95. The van der Waals surface area contributed by atoms with Gasteiger partial charge in [0.2, 0.25) is 10.0 Å². The van der Waals surface area contributed by atoms with E-state index in [2.05, 4.69) is 9.97 Å². The highest BCUT2D eigenvalue weighted by Crippen LogP contribution is 2.25. The number of benzene rings is 2. The molecule has 0 fully saturated rings. The molecule has 0 amide bonds. The van der Waals surface area contributed by atoms with E-state index in [9.17, 15) is 18.5 Å². The molecule has 0 radical (unpaired) electrons. The fourth-order valence-corrected chi connectivity index (χ4v) is 3.52. The first-order valence-electron chi connectivity index (χ1n) is 7.73. The molecule has 0 spiro atoms. The van der Waals surface area contributed by atoms with Crippen LogP contribution in [0.15, 0.2) is 47.4 Å². The van der Waals surface area contributed by atoms with Crippen LogP contribution in [-0.4, -0.2) is 41.7 Å². The predicted molar refractivity (Wildman–Crippen MR) is 104 cm³/mol. The summed E-state index contributed by atoms with van der Waals surface area (Å²) >= 11 is 6.30. The van der Waals surface area contributed by atoms with Gasteiger partial charge in [0.1, 0.15) is 5.82 Å². The third-order valence-electron chi connectivity index (χ3n) is 3.86. The van der Waals surface area contributed by atoms with Crippen molar-refractivity contribution in [2.24, 2.45) is 0 Å². The Labute approximate surface area is 160 Å². The lowest BCUT2D eigenvalue weighted by Crippen LogP contribution is -2.22. The largest absolute Gasteiger partial charge is 0.337 e. The maximum Gasteiger partial charge on any atom is 0.269 e. The van der Waals surface area contributed by atoms with E-state index in [-0.39, 0.29) is 15.6 Å². The number of aromatic amines is 1. The molecule has 3 rings (SSSR count). The SMILES string of the molecule is CN(C)S(=O)(=O)c1ccc2nc(/C(Cl)=C/c3ccc([N+](=O)[O-])cc3)[nH]c2c1. The number of H-pyrrole nitrogens is 1. The standard InChI is InChI=1S/C17H15ClN4O4S/c1-21(2)27(25,26)13-7-8-15-16(10-13)20-17(19-15)14(18)9-11-3-5-12(6-4-11)22(23)24/h3-10H,1-2H3,(H,19,20)/b14-9-. The Hall–Kier alpha value is -2.75. The Morgan fingerprint density at radius 2 is 1.89 bits per heavy atom. The minimum Gasteiger partial charge on any atom is -0.337 e. The Morgan fingerprint density at radius 3 is 2.48 bits per heavy atom. The normalized spacial score (nSPS) is 12.7. The molecule has 0 atom stereocenters. The molecule has 1 aromatic heterocycles. The molecule has 0 aliphatic rings. The number of nitro groups is 1. The van der Waals surface area contributed by atoms with Crippen molar-refractivity contribution in [2.45, 2.75) is 4.90 Å². The zero-order chi connectivity index (χ0) is 19.8. The number of rotatable bonds is 5. The first kappa shape index (κ1) is 19.0. The van der Waals surface area contributed by atoms with Gasteiger partial charge in [-0.2, -0.15) is 0 Å². The van der Waals surface area contributed by atoms with Crippen LogP contribution < -0.4 is 0 Å². The summed E-state index contributed by atoms with van der Waals surface area (Å²) < 4.78 is 25.6. The Balaban J connectivity index is 1.95. The van der Waals surface area contributed by atoms with E-state index >= 15 is 0 Å². The van der Waals surface area contributed by atoms with Gasteiger partial charge in [0.05, 0.1) is 25.9 Å². The average molecular weight is 407 g/mol. The molecule has 0 bridgehead atoms. The maximum absolute atomic E-state index is 12.2. The van der Waals surface area contributed by atoms with Gasteiger partial charge in [0, 0.05) is 26.2 Å². The molecule has 140 valence electrons. The van der Waals surface area contributed by atoms with E-state index < -0.39 is 14.9 Å². The molecule has 1 N–H and O–H groups in total. The van der Waals surface area contributed by atoms with Crippen molar-refractivity contribution in [3.63, 3.8) is 0 Å². The number of sulfonamides is 1. The van der Waals surface area contributed by atoms with Crippen molar-refractivity contribution < 1.29 is 13.3 Å². The number of hydrogen-bond donors (Lipinski definition) is 1. The van der Waals surface area contributed by atoms with Crippen LogP contribution in [0.25, 0.3) is 22.1 Å². The lowest BCUT2D eigenvalue weighted by molar-refractivity contribution is -0.384. The summed E-state index contributed by atoms with van der Waals surface area (Å²) in [5.74, 6) is 0.365. The van der Waals surface area contributed by atoms with Crippen LogP contribution in [-0.2, 0) is 10.0 Å². The monoisotopic (exact) mass is 406 g/mol. The quantitative estimate of drug-likeness (QED) is 0.515. The molecule has 0 saturated heterocycles. The lowest BCUT2D eigenvalue weighted by Gasteiger charge is -2.10. The summed E-state index contributed by atoms with van der Waals surface area (Å²) in [7, 11) is -0.636. The molecule has 8 nitrogen and oxygen atoms in total. The van der Waals surface area contributed by atoms with E-state index in [1.54, 1.807) is 24.3 Å². The Kier molecular flexibility index (Phi) is 5.01. The van der Waals surface area contributed by atoms with Gasteiger partial charge in [-0.3, -0.25) is 10.1 Å². The first-order chi connectivity index (χ1) is 12.7. The van der Waals surface area contributed by atoms with Crippen molar-refractivity contribution in [1.82, 2.24) is 14.3 Å². The summed E-state index contributed by atoms with van der Waals surface area (Å²) in [6.07, 6.45) is 1.61. The predicted octanol–water partition coefficient (Wildman–Crippen LogP) is 3.46. The molecule has 3 aromatic rings. The Bertz CT molecular complexity index is 1150. The van der Waals surface area contributed by atoms with Crippen LogP contribution in [0.2, 0.25) is 0 Å². The molecule has 0 aliphatic carbocycles. The number of nitrogens with one attached hydrogen (secondary N) is 1. The van der Waals surface area contributed by atoms with Gasteiger partial charge in [-0.25, -0.2) is 17.7 Å². The highest BCUT2D eigenvalue weighted by Gasteiger charge is 2.18. The highest BCUT2D eigenvalue weighted by molar-refractivity contribution is 7.89. The van der Waals surface area contributed by atoms with E-state index in [4.69, 9.17) is 11.6 Å². The van der Waals surface area contributed by atoms with Gasteiger partial charge in [0.15, 0.2) is 0 Å². The second kappa shape index (κ2) is 7.10. The summed E-state index contributed by atoms with van der Waals surface area (Å²) in [6.45, 7) is 0. The van der Waals surface area contributed by atoms with E-state index in [1.165, 1.54) is 38.4 Å². The molecule has 0 saturated carbocycles. The molecule has 10 heteroatoms. The zero-order valence-electron chi connectivity index (χ0n) is 14.4. The number of hydrogen-bond acceptors (Lipinski definition) is 5. The highest BCUT2D eigenvalue weighted by atomic mass is 35.5. The van der Waals surface area contributed by atoms with Gasteiger partial charge in [-0.1, -0.05) is 11.6 Å². The van der Waals surface area contributed by atoms with E-state index in [0.717, 1.165) is 4.31 Å². The van der Waals surface area contributed by atoms with Gasteiger partial charge >= 0.3 is 0 Å². The van der Waals surface area contributed by atoms with Crippen LogP contribution in [0.5, 0.6) is 0 Å². The summed E-state index contributed by atoms with van der Waals surface area (Å²) in [4.78, 5) is 17.7. The summed E-state index contributed by atoms with van der Waals surface area (Å²) in [5.41, 5.74) is 1.75. The number of nitro benzene ring substituents is 1. The zero-order valence-corrected chi connectivity index (χ0v) is 16.0.